The summed E-state index contributed by atoms with van der Waals surface area (Å²) >= 11 is 0. The van der Waals surface area contributed by atoms with Crippen LogP contribution in [-0.2, 0) is 16.1 Å². The van der Waals surface area contributed by atoms with E-state index < -0.39 is 0 Å². The Morgan fingerprint density at radius 1 is 1.47 bits per heavy atom. The number of benzene rings is 1. The average Bonchev–Trinajstić information content (AvgIpc) is 2.25. The highest BCUT2D eigenvalue weighted by molar-refractivity contribution is 5.74. The second-order valence-electron chi connectivity index (χ2n) is 3.26. The van der Waals surface area contributed by atoms with Crippen LogP contribution in [0, 0.1) is 0 Å². The van der Waals surface area contributed by atoms with E-state index in [4.69, 9.17) is 10.5 Å². The lowest BCUT2D eigenvalue weighted by Crippen LogP contribution is -2.34. The summed E-state index contributed by atoms with van der Waals surface area (Å²) in [6, 6.07) is 9.90. The van der Waals surface area contributed by atoms with Crippen molar-refractivity contribution in [1.29, 1.82) is 0 Å². The van der Waals surface area contributed by atoms with Gasteiger partial charge in [0.25, 0.3) is 0 Å². The van der Waals surface area contributed by atoms with Gasteiger partial charge in [-0.3, -0.25) is 10.1 Å². The molecule has 1 atom stereocenters. The largest absolute Gasteiger partial charge is 0.370 e. The van der Waals surface area contributed by atoms with Crippen LogP contribution >= 0.6 is 0 Å². The van der Waals surface area contributed by atoms with Crippen LogP contribution in [0.1, 0.15) is 12.0 Å². The Labute approximate surface area is 89.4 Å². The van der Waals surface area contributed by atoms with Crippen LogP contribution in [0.2, 0.25) is 0 Å². The lowest BCUT2D eigenvalue weighted by atomic mass is 10.2. The third-order valence-corrected chi connectivity index (χ3v) is 2.05. The first-order valence-corrected chi connectivity index (χ1v) is 4.81. The van der Waals surface area contributed by atoms with Gasteiger partial charge in [-0.2, -0.15) is 0 Å². The second-order valence-corrected chi connectivity index (χ2v) is 3.26. The van der Waals surface area contributed by atoms with Crippen LogP contribution < -0.4 is 11.1 Å². The standard InChI is InChI=1S/C11H16N2O2/c1-15-11(7-10(12)14)13-8-9-5-3-2-4-6-9/h2-6,11,13H,7-8H2,1H3,(H2,12,14). The summed E-state index contributed by atoms with van der Waals surface area (Å²) in [5.74, 6) is -0.373. The topological polar surface area (TPSA) is 64.3 Å². The molecule has 0 heterocycles. The van der Waals surface area contributed by atoms with Crippen LogP contribution in [-0.4, -0.2) is 19.2 Å². The van der Waals surface area contributed by atoms with Crippen LogP contribution in [0.3, 0.4) is 0 Å². The van der Waals surface area contributed by atoms with Crippen molar-refractivity contribution >= 4 is 5.91 Å². The lowest BCUT2D eigenvalue weighted by molar-refractivity contribution is -0.120. The van der Waals surface area contributed by atoms with E-state index in [1.165, 1.54) is 0 Å². The Kier molecular flexibility index (Phi) is 4.80. The minimum absolute atomic E-state index is 0.184. The van der Waals surface area contributed by atoms with E-state index in [2.05, 4.69) is 5.32 Å². The molecular weight excluding hydrogens is 192 g/mol. The van der Waals surface area contributed by atoms with Gasteiger partial charge < -0.3 is 10.5 Å². The first-order chi connectivity index (χ1) is 7.22. The molecule has 1 amide bonds. The van der Waals surface area contributed by atoms with Crippen molar-refractivity contribution in [3.8, 4) is 0 Å². The molecule has 0 saturated heterocycles. The molecule has 4 heteroatoms. The number of hydrogen-bond acceptors (Lipinski definition) is 3. The van der Waals surface area contributed by atoms with Crippen molar-refractivity contribution < 1.29 is 9.53 Å². The number of carbonyl (C=O) groups is 1. The Hall–Kier alpha value is -1.39. The predicted octanol–water partition coefficient (Wildman–Crippen LogP) is 0.624. The second kappa shape index (κ2) is 6.16. The fourth-order valence-electron chi connectivity index (χ4n) is 1.25. The minimum atomic E-state index is -0.373. The molecule has 0 aromatic heterocycles. The third kappa shape index (κ3) is 4.58. The number of carbonyl (C=O) groups excluding carboxylic acids is 1. The fraction of sp³-hybridized carbons (Fsp3) is 0.364. The smallest absolute Gasteiger partial charge is 0.221 e. The number of methoxy groups -OCH3 is 1. The third-order valence-electron chi connectivity index (χ3n) is 2.05. The first kappa shape index (κ1) is 11.7. The maximum atomic E-state index is 10.7. The van der Waals surface area contributed by atoms with E-state index in [1.807, 2.05) is 30.3 Å². The van der Waals surface area contributed by atoms with Gasteiger partial charge in [0.15, 0.2) is 0 Å². The van der Waals surface area contributed by atoms with Gasteiger partial charge in [0, 0.05) is 13.7 Å². The zero-order valence-electron chi connectivity index (χ0n) is 8.77. The summed E-state index contributed by atoms with van der Waals surface area (Å²) in [6.45, 7) is 0.659. The van der Waals surface area contributed by atoms with Gasteiger partial charge >= 0.3 is 0 Å². The normalized spacial score (nSPS) is 12.3. The van der Waals surface area contributed by atoms with E-state index in [9.17, 15) is 4.79 Å². The van der Waals surface area contributed by atoms with E-state index >= 15 is 0 Å². The van der Waals surface area contributed by atoms with Gasteiger partial charge in [0.05, 0.1) is 6.42 Å². The summed E-state index contributed by atoms with van der Waals surface area (Å²) in [5.41, 5.74) is 6.22. The molecule has 15 heavy (non-hydrogen) atoms. The van der Waals surface area contributed by atoms with Gasteiger partial charge in [-0.05, 0) is 5.56 Å². The summed E-state index contributed by atoms with van der Waals surface area (Å²) in [7, 11) is 1.55. The Morgan fingerprint density at radius 3 is 2.67 bits per heavy atom. The predicted molar refractivity (Wildman–Crippen MR) is 57.9 cm³/mol. The molecule has 0 spiro atoms. The molecule has 4 nitrogen and oxygen atoms in total. The molecule has 3 N–H and O–H groups in total. The number of nitrogens with two attached hydrogens (primary N) is 1. The molecule has 0 aliphatic rings. The van der Waals surface area contributed by atoms with Gasteiger partial charge in [-0.15, -0.1) is 0 Å². The number of rotatable bonds is 6. The zero-order chi connectivity index (χ0) is 11.1. The Balaban J connectivity index is 2.37. The molecule has 0 saturated carbocycles. The quantitative estimate of drug-likeness (QED) is 0.674. The highest BCUT2D eigenvalue weighted by atomic mass is 16.5. The summed E-state index contributed by atoms with van der Waals surface area (Å²) in [4.78, 5) is 10.7. The maximum absolute atomic E-state index is 10.7. The summed E-state index contributed by atoms with van der Waals surface area (Å²) in [6.07, 6.45) is -0.133. The lowest BCUT2D eigenvalue weighted by Gasteiger charge is -2.15. The van der Waals surface area contributed by atoms with Crippen molar-refractivity contribution in [2.75, 3.05) is 7.11 Å². The van der Waals surface area contributed by atoms with Crippen LogP contribution in [0.15, 0.2) is 30.3 Å². The number of amides is 1. The molecule has 1 aromatic rings. The van der Waals surface area contributed by atoms with Gasteiger partial charge in [0.2, 0.25) is 5.91 Å². The highest BCUT2D eigenvalue weighted by Crippen LogP contribution is 2.00. The number of hydrogen-bond donors (Lipinski definition) is 2. The first-order valence-electron chi connectivity index (χ1n) is 4.81. The molecule has 0 bridgehead atoms. The number of nitrogens with one attached hydrogen (secondary N) is 1. The molecule has 0 aliphatic carbocycles. The molecular formula is C11H16N2O2. The summed E-state index contributed by atoms with van der Waals surface area (Å²) < 4.78 is 5.07. The molecule has 0 aliphatic heterocycles. The minimum Gasteiger partial charge on any atom is -0.370 e. The monoisotopic (exact) mass is 208 g/mol. The Morgan fingerprint density at radius 2 is 2.13 bits per heavy atom. The van der Waals surface area contributed by atoms with Crippen molar-refractivity contribution in [3.05, 3.63) is 35.9 Å². The van der Waals surface area contributed by atoms with Gasteiger partial charge in [-0.1, -0.05) is 30.3 Å². The van der Waals surface area contributed by atoms with Crippen molar-refractivity contribution in [3.63, 3.8) is 0 Å². The molecule has 1 unspecified atom stereocenters. The highest BCUT2D eigenvalue weighted by Gasteiger charge is 2.09. The van der Waals surface area contributed by atoms with Crippen molar-refractivity contribution in [2.45, 2.75) is 19.2 Å². The van der Waals surface area contributed by atoms with Gasteiger partial charge in [0.1, 0.15) is 6.23 Å². The SMILES string of the molecule is COC(CC(N)=O)NCc1ccccc1. The zero-order valence-corrected chi connectivity index (χ0v) is 8.77. The van der Waals surface area contributed by atoms with Crippen LogP contribution in [0.25, 0.3) is 0 Å². The van der Waals surface area contributed by atoms with Crippen LogP contribution in [0.5, 0.6) is 0 Å². The van der Waals surface area contributed by atoms with E-state index in [0.717, 1.165) is 5.56 Å². The molecule has 1 aromatic carbocycles. The summed E-state index contributed by atoms with van der Waals surface area (Å²) in [5, 5.41) is 3.09. The van der Waals surface area contributed by atoms with Gasteiger partial charge in [-0.25, -0.2) is 0 Å². The molecule has 82 valence electrons. The average molecular weight is 208 g/mol. The number of ether oxygens (including phenoxy) is 1. The molecule has 0 radical (unpaired) electrons. The maximum Gasteiger partial charge on any atom is 0.221 e. The van der Waals surface area contributed by atoms with Crippen molar-refractivity contribution in [1.82, 2.24) is 5.32 Å². The van der Waals surface area contributed by atoms with E-state index in [1.54, 1.807) is 7.11 Å². The van der Waals surface area contributed by atoms with Crippen molar-refractivity contribution in [2.24, 2.45) is 5.73 Å². The molecule has 0 fully saturated rings. The Bertz CT molecular complexity index is 301. The van der Waals surface area contributed by atoms with E-state index in [-0.39, 0.29) is 18.6 Å². The number of primary amides is 1. The van der Waals surface area contributed by atoms with E-state index in [0.29, 0.717) is 6.54 Å². The molecule has 1 rings (SSSR count). The fourth-order valence-corrected chi connectivity index (χ4v) is 1.25. The van der Waals surface area contributed by atoms with Crippen LogP contribution in [0.4, 0.5) is 0 Å².